The minimum atomic E-state index is -4.64. The number of hydrogen-bond acceptors (Lipinski definition) is 4. The number of anilines is 3. The molecule has 1 aliphatic rings. The highest BCUT2D eigenvalue weighted by molar-refractivity contribution is 6.53. The summed E-state index contributed by atoms with van der Waals surface area (Å²) in [7, 11) is 1.68. The zero-order valence-electron chi connectivity index (χ0n) is 18.8. The first-order chi connectivity index (χ1) is 17.1. The SMILES string of the molecule is CN(C(=O)Cc1ccc(NC2=C(Cl)C(=O)N(c3cccc(C(F)(F)F)c3)C2=O)cc1)c1ccccc1. The quantitative estimate of drug-likeness (QED) is 0.451. The third-order valence-electron chi connectivity index (χ3n) is 5.56. The standard InChI is InChI=1S/C26H19ClF3N3O3/c1-32(19-7-3-2-4-8-19)21(34)14-16-10-12-18(13-11-16)31-23-22(27)24(35)33(25(23)36)20-9-5-6-17(15-20)26(28,29)30/h2-13,15,31H,14H2,1H3. The molecule has 184 valence electrons. The Morgan fingerprint density at radius 1 is 0.944 bits per heavy atom. The first-order valence-corrected chi connectivity index (χ1v) is 11.1. The van der Waals surface area contributed by atoms with Crippen LogP contribution in [0.5, 0.6) is 0 Å². The van der Waals surface area contributed by atoms with Crippen LogP contribution in [0.4, 0.5) is 30.2 Å². The van der Waals surface area contributed by atoms with Crippen molar-refractivity contribution < 1.29 is 27.6 Å². The van der Waals surface area contributed by atoms with Gasteiger partial charge >= 0.3 is 6.18 Å². The lowest BCUT2D eigenvalue weighted by atomic mass is 10.1. The number of carbonyl (C=O) groups is 3. The number of imide groups is 1. The third-order valence-corrected chi connectivity index (χ3v) is 5.91. The number of nitrogens with zero attached hydrogens (tertiary/aromatic N) is 2. The second-order valence-electron chi connectivity index (χ2n) is 7.97. The first-order valence-electron chi connectivity index (χ1n) is 10.7. The van der Waals surface area contributed by atoms with Crippen LogP contribution in [0.25, 0.3) is 0 Å². The summed E-state index contributed by atoms with van der Waals surface area (Å²) in [6, 6.07) is 19.6. The van der Waals surface area contributed by atoms with Gasteiger partial charge in [0.2, 0.25) is 5.91 Å². The molecule has 0 bridgehead atoms. The molecule has 1 aliphatic heterocycles. The molecule has 6 nitrogen and oxygen atoms in total. The maximum atomic E-state index is 13.1. The molecule has 1 heterocycles. The highest BCUT2D eigenvalue weighted by atomic mass is 35.5. The van der Waals surface area contributed by atoms with Gasteiger partial charge in [0.1, 0.15) is 10.7 Å². The van der Waals surface area contributed by atoms with E-state index >= 15 is 0 Å². The molecule has 3 amide bonds. The van der Waals surface area contributed by atoms with Crippen molar-refractivity contribution >= 4 is 46.4 Å². The smallest absolute Gasteiger partial charge is 0.350 e. The van der Waals surface area contributed by atoms with Crippen molar-refractivity contribution in [3.05, 3.63) is 101 Å². The highest BCUT2D eigenvalue weighted by Gasteiger charge is 2.40. The van der Waals surface area contributed by atoms with E-state index in [0.717, 1.165) is 17.8 Å². The zero-order chi connectivity index (χ0) is 26.0. The van der Waals surface area contributed by atoms with Gasteiger partial charge in [-0.1, -0.05) is 48.0 Å². The van der Waals surface area contributed by atoms with Crippen LogP contribution in [0.15, 0.2) is 89.6 Å². The molecule has 36 heavy (non-hydrogen) atoms. The molecule has 0 radical (unpaired) electrons. The van der Waals surface area contributed by atoms with Crippen molar-refractivity contribution in [2.24, 2.45) is 0 Å². The average Bonchev–Trinajstić information content (AvgIpc) is 3.07. The molecular formula is C26H19ClF3N3O3. The van der Waals surface area contributed by atoms with Crippen molar-refractivity contribution in [3.63, 3.8) is 0 Å². The highest BCUT2D eigenvalue weighted by Crippen LogP contribution is 2.35. The Morgan fingerprint density at radius 3 is 2.25 bits per heavy atom. The number of nitrogens with one attached hydrogen (secondary N) is 1. The Morgan fingerprint density at radius 2 is 1.61 bits per heavy atom. The minimum Gasteiger partial charge on any atom is -0.350 e. The van der Waals surface area contributed by atoms with Crippen LogP contribution < -0.4 is 15.1 Å². The fourth-order valence-corrected chi connectivity index (χ4v) is 3.82. The van der Waals surface area contributed by atoms with Crippen molar-refractivity contribution in [2.75, 3.05) is 22.2 Å². The molecule has 0 saturated carbocycles. The van der Waals surface area contributed by atoms with Gasteiger partial charge in [-0.25, -0.2) is 4.90 Å². The van der Waals surface area contributed by atoms with Crippen molar-refractivity contribution in [3.8, 4) is 0 Å². The van der Waals surface area contributed by atoms with Crippen LogP contribution in [-0.2, 0) is 27.0 Å². The Balaban J connectivity index is 1.46. The third kappa shape index (κ3) is 5.11. The number of halogens is 4. The normalized spacial score (nSPS) is 13.9. The van der Waals surface area contributed by atoms with E-state index in [1.54, 1.807) is 36.2 Å². The maximum Gasteiger partial charge on any atom is 0.416 e. The molecule has 0 atom stereocenters. The van der Waals surface area contributed by atoms with Gasteiger partial charge in [-0.2, -0.15) is 13.2 Å². The topological polar surface area (TPSA) is 69.7 Å². The fourth-order valence-electron chi connectivity index (χ4n) is 3.61. The number of hydrogen-bond donors (Lipinski definition) is 1. The minimum absolute atomic E-state index is 0.124. The molecule has 0 aliphatic carbocycles. The van der Waals surface area contributed by atoms with Gasteiger partial charge in [0.15, 0.2) is 0 Å². The lowest BCUT2D eigenvalue weighted by molar-refractivity contribution is -0.137. The maximum absolute atomic E-state index is 13.1. The Labute approximate surface area is 209 Å². The van der Waals surface area contributed by atoms with Crippen molar-refractivity contribution in [1.82, 2.24) is 0 Å². The van der Waals surface area contributed by atoms with Crippen LogP contribution in [-0.4, -0.2) is 24.8 Å². The predicted octanol–water partition coefficient (Wildman–Crippen LogP) is 5.35. The molecule has 0 aromatic heterocycles. The van der Waals surface area contributed by atoms with E-state index in [0.29, 0.717) is 22.2 Å². The largest absolute Gasteiger partial charge is 0.416 e. The second-order valence-corrected chi connectivity index (χ2v) is 8.35. The zero-order valence-corrected chi connectivity index (χ0v) is 19.6. The molecule has 0 unspecified atom stereocenters. The van der Waals surface area contributed by atoms with Gasteiger partial charge in [0, 0.05) is 18.4 Å². The second kappa shape index (κ2) is 9.87. The number of benzene rings is 3. The number of likely N-dealkylation sites (N-methyl/N-ethyl adjacent to an activating group) is 1. The number of rotatable bonds is 6. The molecule has 3 aromatic carbocycles. The van der Waals surface area contributed by atoms with E-state index < -0.39 is 28.6 Å². The predicted molar refractivity (Wildman–Crippen MR) is 130 cm³/mol. The van der Waals surface area contributed by atoms with Gasteiger partial charge in [-0.05, 0) is 48.0 Å². The summed E-state index contributed by atoms with van der Waals surface area (Å²) >= 11 is 6.07. The van der Waals surface area contributed by atoms with E-state index in [2.05, 4.69) is 5.32 Å². The number of para-hydroxylation sites is 1. The van der Waals surface area contributed by atoms with E-state index in [9.17, 15) is 27.6 Å². The van der Waals surface area contributed by atoms with Crippen molar-refractivity contribution in [2.45, 2.75) is 12.6 Å². The van der Waals surface area contributed by atoms with Gasteiger partial charge in [-0.15, -0.1) is 0 Å². The van der Waals surface area contributed by atoms with Crippen LogP contribution in [0.3, 0.4) is 0 Å². The summed E-state index contributed by atoms with van der Waals surface area (Å²) in [4.78, 5) is 40.2. The Bertz CT molecular complexity index is 1360. The number of carbonyl (C=O) groups excluding carboxylic acids is 3. The van der Waals surface area contributed by atoms with Crippen LogP contribution >= 0.6 is 11.6 Å². The van der Waals surface area contributed by atoms with Gasteiger partial charge in [0.25, 0.3) is 11.8 Å². The molecule has 1 N–H and O–H groups in total. The molecule has 0 spiro atoms. The monoisotopic (exact) mass is 513 g/mol. The van der Waals surface area contributed by atoms with E-state index in [4.69, 9.17) is 11.6 Å². The van der Waals surface area contributed by atoms with E-state index in [-0.39, 0.29) is 23.7 Å². The molecule has 0 fully saturated rings. The summed E-state index contributed by atoms with van der Waals surface area (Å²) in [5.74, 6) is -1.94. The molecule has 3 aromatic rings. The molecular weight excluding hydrogens is 495 g/mol. The van der Waals surface area contributed by atoms with E-state index in [1.807, 2.05) is 30.3 Å². The average molecular weight is 514 g/mol. The van der Waals surface area contributed by atoms with E-state index in [1.165, 1.54) is 6.07 Å². The summed E-state index contributed by atoms with van der Waals surface area (Å²) in [6.45, 7) is 0. The summed E-state index contributed by atoms with van der Waals surface area (Å²) < 4.78 is 39.2. The van der Waals surface area contributed by atoms with Gasteiger partial charge < -0.3 is 10.2 Å². The van der Waals surface area contributed by atoms with Crippen molar-refractivity contribution in [1.29, 1.82) is 0 Å². The summed E-state index contributed by atoms with van der Waals surface area (Å²) in [6.07, 6.45) is -4.50. The molecule has 10 heteroatoms. The lowest BCUT2D eigenvalue weighted by Gasteiger charge is -2.17. The van der Waals surface area contributed by atoms with Crippen LogP contribution in [0.1, 0.15) is 11.1 Å². The molecule has 4 rings (SSSR count). The lowest BCUT2D eigenvalue weighted by Crippen LogP contribution is -2.32. The van der Waals surface area contributed by atoms with Gasteiger partial charge in [-0.3, -0.25) is 14.4 Å². The number of amides is 3. The molecule has 0 saturated heterocycles. The summed E-state index contributed by atoms with van der Waals surface area (Å²) in [5, 5.41) is 2.32. The van der Waals surface area contributed by atoms with Crippen LogP contribution in [0, 0.1) is 0 Å². The van der Waals surface area contributed by atoms with Crippen LogP contribution in [0.2, 0.25) is 0 Å². The van der Waals surface area contributed by atoms with Gasteiger partial charge in [0.05, 0.1) is 17.7 Å². The summed E-state index contributed by atoms with van der Waals surface area (Å²) in [5.41, 5.74) is 0.381. The Hall–Kier alpha value is -4.11. The fraction of sp³-hybridized carbons (Fsp3) is 0.115. The Kier molecular flexibility index (Phi) is 6.85. The number of alkyl halides is 3. The first kappa shape index (κ1) is 25.0.